The fourth-order valence-corrected chi connectivity index (χ4v) is 4.04. The number of fused-ring (bicyclic) bond motifs is 1. The number of hydrogen-bond donors (Lipinski definition) is 1. The van der Waals surface area contributed by atoms with Crippen LogP contribution in [0.2, 0.25) is 5.02 Å². The summed E-state index contributed by atoms with van der Waals surface area (Å²) >= 11 is 5.92. The van der Waals surface area contributed by atoms with Crippen molar-refractivity contribution in [2.45, 2.75) is 37.8 Å². The van der Waals surface area contributed by atoms with E-state index in [-0.39, 0.29) is 18.0 Å². The molecule has 8 nitrogen and oxygen atoms in total. The molecule has 1 fully saturated rings. The molecule has 0 bridgehead atoms. The van der Waals surface area contributed by atoms with Gasteiger partial charge in [-0.3, -0.25) is 9.36 Å². The third kappa shape index (κ3) is 3.18. The zero-order chi connectivity index (χ0) is 20.9. The van der Waals surface area contributed by atoms with E-state index >= 15 is 0 Å². The summed E-state index contributed by atoms with van der Waals surface area (Å²) in [5.41, 5.74) is 0.933. The Morgan fingerprint density at radius 1 is 1.23 bits per heavy atom. The van der Waals surface area contributed by atoms with E-state index in [1.807, 2.05) is 19.1 Å². The second kappa shape index (κ2) is 7.00. The molecule has 152 valence electrons. The summed E-state index contributed by atoms with van der Waals surface area (Å²) < 4.78 is 6.78. The van der Waals surface area contributed by atoms with Crippen molar-refractivity contribution in [1.82, 2.24) is 24.7 Å². The van der Waals surface area contributed by atoms with E-state index in [1.54, 1.807) is 24.4 Å². The highest BCUT2D eigenvalue weighted by Crippen LogP contribution is 2.50. The van der Waals surface area contributed by atoms with Gasteiger partial charge in [-0.1, -0.05) is 28.9 Å². The Labute approximate surface area is 176 Å². The molecule has 1 aromatic carbocycles. The predicted octanol–water partition coefficient (Wildman–Crippen LogP) is 2.95. The van der Waals surface area contributed by atoms with Crippen molar-refractivity contribution in [1.29, 1.82) is 0 Å². The minimum absolute atomic E-state index is 0.0129. The zero-order valence-corrected chi connectivity index (χ0v) is 16.9. The highest BCUT2D eigenvalue weighted by molar-refractivity contribution is 6.30. The van der Waals surface area contributed by atoms with Gasteiger partial charge >= 0.3 is 0 Å². The quantitative estimate of drug-likeness (QED) is 0.537. The summed E-state index contributed by atoms with van der Waals surface area (Å²) in [6, 6.07) is 8.97. The molecular weight excluding hydrogens is 406 g/mol. The third-order valence-corrected chi connectivity index (χ3v) is 5.89. The molecule has 4 aromatic rings. The van der Waals surface area contributed by atoms with Crippen LogP contribution in [0.5, 0.6) is 0 Å². The van der Waals surface area contributed by atoms with E-state index in [1.165, 1.54) is 10.9 Å². The smallest absolute Gasteiger partial charge is 0.263 e. The SMILES string of the molecule is Cc1ccnc2ncn(Cc3nc([C@H]4C[C@](O)(c5ccc(Cl)cc5)C4)no3)c(=O)c12. The summed E-state index contributed by atoms with van der Waals surface area (Å²) in [5.74, 6) is 0.834. The molecule has 1 aliphatic carbocycles. The molecule has 0 aliphatic heterocycles. The van der Waals surface area contributed by atoms with Gasteiger partial charge in [-0.2, -0.15) is 4.98 Å². The minimum Gasteiger partial charge on any atom is -0.385 e. The van der Waals surface area contributed by atoms with Gasteiger partial charge in [-0.25, -0.2) is 9.97 Å². The number of benzene rings is 1. The summed E-state index contributed by atoms with van der Waals surface area (Å²) in [6.45, 7) is 1.97. The van der Waals surface area contributed by atoms with Crippen LogP contribution in [-0.4, -0.2) is 29.8 Å². The molecule has 0 saturated heterocycles. The van der Waals surface area contributed by atoms with Crippen molar-refractivity contribution in [3.63, 3.8) is 0 Å². The zero-order valence-electron chi connectivity index (χ0n) is 16.1. The van der Waals surface area contributed by atoms with E-state index < -0.39 is 5.60 Å². The molecule has 9 heteroatoms. The van der Waals surface area contributed by atoms with Gasteiger partial charge in [0.2, 0.25) is 5.89 Å². The van der Waals surface area contributed by atoms with Crippen LogP contribution in [0, 0.1) is 6.92 Å². The molecule has 5 rings (SSSR count). The molecule has 30 heavy (non-hydrogen) atoms. The molecule has 1 saturated carbocycles. The van der Waals surface area contributed by atoms with Gasteiger partial charge in [0, 0.05) is 17.1 Å². The van der Waals surface area contributed by atoms with Crippen LogP contribution >= 0.6 is 11.6 Å². The lowest BCUT2D eigenvalue weighted by Gasteiger charge is -2.42. The van der Waals surface area contributed by atoms with Gasteiger partial charge in [0.05, 0.1) is 11.0 Å². The van der Waals surface area contributed by atoms with E-state index in [9.17, 15) is 9.90 Å². The Hall–Kier alpha value is -3.10. The normalized spacial score (nSPS) is 21.0. The van der Waals surface area contributed by atoms with Crippen LogP contribution in [0.25, 0.3) is 11.0 Å². The first-order valence-electron chi connectivity index (χ1n) is 9.55. The number of nitrogens with zero attached hydrogens (tertiary/aromatic N) is 5. The van der Waals surface area contributed by atoms with Crippen molar-refractivity contribution < 1.29 is 9.63 Å². The fourth-order valence-electron chi connectivity index (χ4n) is 3.92. The summed E-state index contributed by atoms with van der Waals surface area (Å²) in [7, 11) is 0. The highest BCUT2D eigenvalue weighted by Gasteiger charge is 2.46. The lowest BCUT2D eigenvalue weighted by molar-refractivity contribution is -0.0573. The minimum atomic E-state index is -0.917. The number of aryl methyl sites for hydroxylation is 1. The number of rotatable bonds is 4. The van der Waals surface area contributed by atoms with Gasteiger partial charge in [-0.15, -0.1) is 0 Å². The van der Waals surface area contributed by atoms with Crippen molar-refractivity contribution in [2.24, 2.45) is 0 Å². The number of aromatic nitrogens is 5. The topological polar surface area (TPSA) is 107 Å². The number of halogens is 1. The van der Waals surface area contributed by atoms with Gasteiger partial charge in [0.15, 0.2) is 11.5 Å². The average Bonchev–Trinajstić information content (AvgIpc) is 3.16. The van der Waals surface area contributed by atoms with Crippen molar-refractivity contribution in [3.8, 4) is 0 Å². The molecule has 3 heterocycles. The maximum atomic E-state index is 12.8. The maximum absolute atomic E-state index is 12.8. The van der Waals surface area contributed by atoms with Crippen LogP contribution in [0.3, 0.4) is 0 Å². The molecule has 1 N–H and O–H groups in total. The first-order valence-corrected chi connectivity index (χ1v) is 9.92. The standard InChI is InChI=1S/C21H18ClN5O3/c1-12-6-7-23-19-17(12)20(28)27(11-24-19)10-16-25-18(26-30-16)13-8-21(29,9-13)14-2-4-15(22)5-3-14/h2-7,11,13,29H,8-10H2,1H3/t13-,21+. The first-order chi connectivity index (χ1) is 14.4. The lowest BCUT2D eigenvalue weighted by Crippen LogP contribution is -2.40. The van der Waals surface area contributed by atoms with Crippen LogP contribution in [-0.2, 0) is 12.1 Å². The fraction of sp³-hybridized carbons (Fsp3) is 0.286. The van der Waals surface area contributed by atoms with Gasteiger partial charge < -0.3 is 9.63 Å². The lowest BCUT2D eigenvalue weighted by atomic mass is 9.67. The number of pyridine rings is 1. The van der Waals surface area contributed by atoms with Gasteiger partial charge in [0.25, 0.3) is 5.56 Å². The molecule has 0 unspecified atom stereocenters. The molecular formula is C21H18ClN5O3. The Morgan fingerprint density at radius 2 is 2.00 bits per heavy atom. The van der Waals surface area contributed by atoms with Crippen molar-refractivity contribution in [3.05, 3.63) is 81.1 Å². The van der Waals surface area contributed by atoms with E-state index in [4.69, 9.17) is 16.1 Å². The monoisotopic (exact) mass is 423 g/mol. The van der Waals surface area contributed by atoms with Crippen LogP contribution in [0.1, 0.15) is 41.6 Å². The van der Waals surface area contributed by atoms with Crippen LogP contribution in [0.15, 0.2) is 52.2 Å². The summed E-state index contributed by atoms with van der Waals surface area (Å²) in [5, 5.41) is 16.0. The number of aliphatic hydroxyl groups is 1. The second-order valence-electron chi connectivity index (χ2n) is 7.69. The van der Waals surface area contributed by atoms with E-state index in [0.29, 0.717) is 40.6 Å². The Bertz CT molecular complexity index is 1290. The average molecular weight is 424 g/mol. The summed E-state index contributed by atoms with van der Waals surface area (Å²) in [6.07, 6.45) is 4.05. The van der Waals surface area contributed by atoms with E-state index in [2.05, 4.69) is 20.1 Å². The highest BCUT2D eigenvalue weighted by atomic mass is 35.5. The Kier molecular flexibility index (Phi) is 4.41. The largest absolute Gasteiger partial charge is 0.385 e. The van der Waals surface area contributed by atoms with Gasteiger partial charge in [-0.05, 0) is 49.1 Å². The Balaban J connectivity index is 1.33. The third-order valence-electron chi connectivity index (χ3n) is 5.64. The van der Waals surface area contributed by atoms with Crippen molar-refractivity contribution in [2.75, 3.05) is 0 Å². The Morgan fingerprint density at radius 3 is 2.77 bits per heavy atom. The van der Waals surface area contributed by atoms with Crippen LogP contribution < -0.4 is 5.56 Å². The van der Waals surface area contributed by atoms with Crippen molar-refractivity contribution >= 4 is 22.6 Å². The van der Waals surface area contributed by atoms with Crippen LogP contribution in [0.4, 0.5) is 0 Å². The number of hydrogen-bond acceptors (Lipinski definition) is 7. The molecule has 0 atom stereocenters. The second-order valence-corrected chi connectivity index (χ2v) is 8.13. The predicted molar refractivity (Wildman–Crippen MR) is 109 cm³/mol. The maximum Gasteiger partial charge on any atom is 0.263 e. The molecule has 0 amide bonds. The molecule has 3 aromatic heterocycles. The molecule has 1 aliphatic rings. The van der Waals surface area contributed by atoms with Gasteiger partial charge in [0.1, 0.15) is 12.9 Å². The summed E-state index contributed by atoms with van der Waals surface area (Å²) in [4.78, 5) is 25.6. The van der Waals surface area contributed by atoms with E-state index in [0.717, 1.165) is 11.1 Å². The molecule has 0 spiro atoms. The molecule has 0 radical (unpaired) electrons. The first kappa shape index (κ1) is 18.9.